The Morgan fingerprint density at radius 3 is 2.84 bits per heavy atom. The van der Waals surface area contributed by atoms with Gasteiger partial charge in [-0.25, -0.2) is 4.99 Å². The molecule has 0 radical (unpaired) electrons. The van der Waals surface area contributed by atoms with Crippen molar-refractivity contribution >= 4 is 44.4 Å². The van der Waals surface area contributed by atoms with Crippen LogP contribution in [0.15, 0.2) is 27.7 Å². The van der Waals surface area contributed by atoms with E-state index in [9.17, 15) is 4.79 Å². The average Bonchev–Trinajstić information content (AvgIpc) is 3.16. The predicted octanol–water partition coefficient (Wildman–Crippen LogP) is 6.10. The van der Waals surface area contributed by atoms with E-state index in [1.165, 1.54) is 36.1 Å². The maximum Gasteiger partial charge on any atom is 0.254 e. The van der Waals surface area contributed by atoms with Crippen LogP contribution in [0.3, 0.4) is 0 Å². The second-order valence-corrected chi connectivity index (χ2v) is 10.0. The Hall–Kier alpha value is -2.17. The lowest BCUT2D eigenvalue weighted by atomic mass is 9.93. The molecule has 5 nitrogen and oxygen atoms in total. The summed E-state index contributed by atoms with van der Waals surface area (Å²) in [5, 5.41) is 12.8. The number of benzene rings is 1. The Morgan fingerprint density at radius 2 is 2.06 bits per heavy atom. The molecule has 0 atom stereocenters. The van der Waals surface area contributed by atoms with Crippen LogP contribution in [0.1, 0.15) is 71.3 Å². The van der Waals surface area contributed by atoms with Gasteiger partial charge < -0.3 is 10.1 Å². The number of hydrogen-bond donors (Lipinski definition) is 1. The average molecular weight is 500 g/mol. The summed E-state index contributed by atoms with van der Waals surface area (Å²) in [6.07, 6.45) is 11.9. The number of carbonyl (C=O) groups is 1. The number of halogens is 1. The van der Waals surface area contributed by atoms with Crippen molar-refractivity contribution in [1.82, 2.24) is 5.32 Å². The van der Waals surface area contributed by atoms with Crippen molar-refractivity contribution in [2.75, 3.05) is 6.61 Å². The predicted molar refractivity (Wildman–Crippen MR) is 128 cm³/mol. The van der Waals surface area contributed by atoms with Crippen LogP contribution >= 0.6 is 27.3 Å². The van der Waals surface area contributed by atoms with E-state index < -0.39 is 0 Å². The van der Waals surface area contributed by atoms with Gasteiger partial charge in [-0.3, -0.25) is 4.79 Å². The largest absolute Gasteiger partial charge is 0.478 e. The molecule has 1 fully saturated rings. The third-order valence-corrected chi connectivity index (χ3v) is 7.72. The second kappa shape index (κ2) is 10.4. The van der Waals surface area contributed by atoms with Gasteiger partial charge in [-0.15, -0.1) is 11.3 Å². The summed E-state index contributed by atoms with van der Waals surface area (Å²) in [7, 11) is 0. The molecule has 31 heavy (non-hydrogen) atoms. The van der Waals surface area contributed by atoms with Crippen LogP contribution in [0, 0.1) is 11.3 Å². The molecule has 1 heterocycles. The van der Waals surface area contributed by atoms with Gasteiger partial charge in [0.15, 0.2) is 6.61 Å². The minimum Gasteiger partial charge on any atom is -0.478 e. The SMILES string of the molecule is N#CCOc1ccc(C=Nc2sc3c(c2C(=O)NC2CCCCC2)CCCC3)cc1Br. The van der Waals surface area contributed by atoms with E-state index in [1.54, 1.807) is 17.6 Å². The fourth-order valence-electron chi connectivity index (χ4n) is 4.34. The number of hydrogen-bond acceptors (Lipinski definition) is 5. The van der Waals surface area contributed by atoms with Gasteiger partial charge in [0.05, 0.1) is 10.0 Å². The van der Waals surface area contributed by atoms with Gasteiger partial charge in [0.25, 0.3) is 5.91 Å². The van der Waals surface area contributed by atoms with Crippen molar-refractivity contribution in [3.05, 3.63) is 44.2 Å². The summed E-state index contributed by atoms with van der Waals surface area (Å²) in [5.41, 5.74) is 2.90. The van der Waals surface area contributed by atoms with E-state index in [-0.39, 0.29) is 18.6 Å². The van der Waals surface area contributed by atoms with Gasteiger partial charge >= 0.3 is 0 Å². The summed E-state index contributed by atoms with van der Waals surface area (Å²) >= 11 is 5.14. The number of nitriles is 1. The fourth-order valence-corrected chi connectivity index (χ4v) is 6.08. The Labute approximate surface area is 195 Å². The van der Waals surface area contributed by atoms with Crippen molar-refractivity contribution in [3.63, 3.8) is 0 Å². The van der Waals surface area contributed by atoms with Gasteiger partial charge in [-0.1, -0.05) is 19.3 Å². The topological polar surface area (TPSA) is 74.5 Å². The van der Waals surface area contributed by atoms with Crippen LogP contribution in [0.2, 0.25) is 0 Å². The number of ether oxygens (including phenoxy) is 1. The number of amides is 1. The van der Waals surface area contributed by atoms with E-state index in [0.717, 1.165) is 52.7 Å². The molecular formula is C24H26BrN3O2S. The summed E-state index contributed by atoms with van der Waals surface area (Å²) in [5.74, 6) is 0.665. The zero-order chi connectivity index (χ0) is 21.6. The molecule has 2 aliphatic rings. The fraction of sp³-hybridized carbons (Fsp3) is 0.458. The molecule has 2 aliphatic carbocycles. The first-order chi connectivity index (χ1) is 15.2. The quantitative estimate of drug-likeness (QED) is 0.487. The summed E-state index contributed by atoms with van der Waals surface area (Å²) in [6.45, 7) is 0.00620. The normalized spacial score (nSPS) is 16.6. The summed E-state index contributed by atoms with van der Waals surface area (Å²) in [4.78, 5) is 19.3. The van der Waals surface area contributed by atoms with Crippen molar-refractivity contribution in [2.45, 2.75) is 63.8 Å². The van der Waals surface area contributed by atoms with Crippen LogP contribution in [-0.2, 0) is 12.8 Å². The van der Waals surface area contributed by atoms with E-state index in [1.807, 2.05) is 24.3 Å². The Morgan fingerprint density at radius 1 is 1.26 bits per heavy atom. The van der Waals surface area contributed by atoms with Gasteiger partial charge in [-0.05, 0) is 83.8 Å². The molecule has 2 aromatic rings. The lowest BCUT2D eigenvalue weighted by Gasteiger charge is -2.23. The van der Waals surface area contributed by atoms with E-state index in [2.05, 4.69) is 21.2 Å². The molecule has 0 unspecified atom stereocenters. The first-order valence-corrected chi connectivity index (χ1v) is 12.6. The van der Waals surface area contributed by atoms with Crippen molar-refractivity contribution < 1.29 is 9.53 Å². The van der Waals surface area contributed by atoms with Crippen molar-refractivity contribution in [3.8, 4) is 11.8 Å². The zero-order valence-electron chi connectivity index (χ0n) is 17.5. The molecule has 0 aliphatic heterocycles. The number of fused-ring (bicyclic) bond motifs is 1. The molecule has 1 amide bonds. The first-order valence-electron chi connectivity index (χ1n) is 10.9. The minimum absolute atomic E-state index is 0.00620. The van der Waals surface area contributed by atoms with Gasteiger partial charge in [-0.2, -0.15) is 5.26 Å². The molecule has 162 valence electrons. The number of aryl methyl sites for hydroxylation is 1. The Kier molecular flexibility index (Phi) is 7.41. The molecule has 7 heteroatoms. The number of aliphatic imine (C=N–C) groups is 1. The Balaban J connectivity index is 1.57. The third-order valence-electron chi connectivity index (χ3n) is 5.90. The van der Waals surface area contributed by atoms with Crippen LogP contribution in [0.5, 0.6) is 5.75 Å². The van der Waals surface area contributed by atoms with Gasteiger partial charge in [0.2, 0.25) is 0 Å². The number of nitrogens with one attached hydrogen (secondary N) is 1. The van der Waals surface area contributed by atoms with E-state index >= 15 is 0 Å². The number of thiophene rings is 1. The monoisotopic (exact) mass is 499 g/mol. The lowest BCUT2D eigenvalue weighted by Crippen LogP contribution is -2.36. The van der Waals surface area contributed by atoms with Crippen LogP contribution in [0.25, 0.3) is 0 Å². The molecule has 1 aromatic heterocycles. The highest BCUT2D eigenvalue weighted by Crippen LogP contribution is 2.40. The summed E-state index contributed by atoms with van der Waals surface area (Å²) in [6, 6.07) is 7.88. The number of rotatable bonds is 6. The van der Waals surface area contributed by atoms with Crippen LogP contribution < -0.4 is 10.1 Å². The molecule has 1 aromatic carbocycles. The molecular weight excluding hydrogens is 474 g/mol. The van der Waals surface area contributed by atoms with Crippen molar-refractivity contribution in [2.24, 2.45) is 4.99 Å². The highest BCUT2D eigenvalue weighted by molar-refractivity contribution is 9.10. The lowest BCUT2D eigenvalue weighted by molar-refractivity contribution is 0.0927. The van der Waals surface area contributed by atoms with Crippen molar-refractivity contribution in [1.29, 1.82) is 5.26 Å². The molecule has 0 spiro atoms. The van der Waals surface area contributed by atoms with E-state index in [0.29, 0.717) is 5.75 Å². The van der Waals surface area contributed by atoms with Gasteiger partial charge in [0, 0.05) is 17.1 Å². The molecule has 1 saturated carbocycles. The molecule has 0 bridgehead atoms. The third kappa shape index (κ3) is 5.36. The standard InChI is InChI=1S/C24H26BrN3O2S/c25-19-14-16(10-11-20(19)30-13-12-26)15-27-24-22(18-8-4-5-9-21(18)31-24)23(29)28-17-6-2-1-3-7-17/h10-11,14-15,17H,1-9,13H2,(H,28,29). The number of nitrogens with zero attached hydrogens (tertiary/aromatic N) is 2. The minimum atomic E-state index is 0.00620. The molecule has 4 rings (SSSR count). The summed E-state index contributed by atoms with van der Waals surface area (Å²) < 4.78 is 6.15. The maximum absolute atomic E-state index is 13.2. The molecule has 1 N–H and O–H groups in total. The maximum atomic E-state index is 13.2. The highest BCUT2D eigenvalue weighted by atomic mass is 79.9. The second-order valence-electron chi connectivity index (χ2n) is 8.09. The zero-order valence-corrected chi connectivity index (χ0v) is 19.9. The first kappa shape index (κ1) is 22.0. The molecule has 0 saturated heterocycles. The smallest absolute Gasteiger partial charge is 0.254 e. The van der Waals surface area contributed by atoms with E-state index in [4.69, 9.17) is 15.0 Å². The Bertz CT molecular complexity index is 1020. The highest BCUT2D eigenvalue weighted by Gasteiger charge is 2.27. The van der Waals surface area contributed by atoms with Crippen LogP contribution in [-0.4, -0.2) is 24.8 Å². The number of carbonyl (C=O) groups excluding carboxylic acids is 1. The van der Waals surface area contributed by atoms with Gasteiger partial charge in [0.1, 0.15) is 16.8 Å². The van der Waals surface area contributed by atoms with Crippen LogP contribution in [0.4, 0.5) is 5.00 Å².